The van der Waals surface area contributed by atoms with Crippen LogP contribution >= 0.6 is 0 Å². The van der Waals surface area contributed by atoms with Gasteiger partial charge in [-0.15, -0.1) is 0 Å². The minimum Gasteiger partial charge on any atom is -0.370 e. The predicted molar refractivity (Wildman–Crippen MR) is 84.2 cm³/mol. The highest BCUT2D eigenvalue weighted by Crippen LogP contribution is 2.26. The van der Waals surface area contributed by atoms with Gasteiger partial charge in [0.05, 0.1) is 4.92 Å². The van der Waals surface area contributed by atoms with Gasteiger partial charge < -0.3 is 10.3 Å². The summed E-state index contributed by atoms with van der Waals surface area (Å²) in [6.07, 6.45) is 0. The molecule has 0 aromatic heterocycles. The van der Waals surface area contributed by atoms with E-state index >= 15 is 0 Å². The van der Waals surface area contributed by atoms with Crippen molar-refractivity contribution in [2.45, 2.75) is 13.5 Å². The maximum Gasteiger partial charge on any atom is 0.293 e. The molecule has 0 heterocycles. The van der Waals surface area contributed by atoms with Crippen molar-refractivity contribution in [2.24, 2.45) is 5.84 Å². The molecule has 6 heteroatoms. The fraction of sp³-hybridized carbons (Fsp3) is 0.200. The summed E-state index contributed by atoms with van der Waals surface area (Å²) in [6, 6.07) is 13.1. The van der Waals surface area contributed by atoms with Gasteiger partial charge in [-0.05, 0) is 36.2 Å². The van der Waals surface area contributed by atoms with Crippen LogP contribution in [0.1, 0.15) is 11.1 Å². The number of nitrogen functional groups attached to an aromatic ring is 1. The summed E-state index contributed by atoms with van der Waals surface area (Å²) in [5.41, 5.74) is 5.89. The molecule has 2 aromatic carbocycles. The Morgan fingerprint density at radius 3 is 2.67 bits per heavy atom. The van der Waals surface area contributed by atoms with E-state index in [0.717, 1.165) is 11.3 Å². The van der Waals surface area contributed by atoms with Crippen LogP contribution in [0.2, 0.25) is 0 Å². The minimum absolute atomic E-state index is 0.0283. The lowest BCUT2D eigenvalue weighted by molar-refractivity contribution is -0.384. The normalized spacial score (nSPS) is 10.2. The molecule has 0 spiro atoms. The van der Waals surface area contributed by atoms with E-state index in [1.165, 1.54) is 11.6 Å². The van der Waals surface area contributed by atoms with Gasteiger partial charge in [-0.25, -0.2) is 0 Å². The lowest BCUT2D eigenvalue weighted by atomic mass is 10.1. The van der Waals surface area contributed by atoms with Crippen molar-refractivity contribution >= 4 is 17.1 Å². The summed E-state index contributed by atoms with van der Waals surface area (Å²) in [6.45, 7) is 2.68. The summed E-state index contributed by atoms with van der Waals surface area (Å²) < 4.78 is 0. The van der Waals surface area contributed by atoms with Gasteiger partial charge in [0.2, 0.25) is 0 Å². The highest BCUT2D eigenvalue weighted by atomic mass is 16.6. The van der Waals surface area contributed by atoms with Gasteiger partial charge in [-0.3, -0.25) is 16.0 Å². The summed E-state index contributed by atoms with van der Waals surface area (Å²) in [5.74, 6) is 5.35. The third-order valence-corrected chi connectivity index (χ3v) is 3.28. The van der Waals surface area contributed by atoms with Crippen LogP contribution in [0.25, 0.3) is 0 Å². The largest absolute Gasteiger partial charge is 0.370 e. The zero-order valence-electron chi connectivity index (χ0n) is 12.0. The van der Waals surface area contributed by atoms with Crippen LogP contribution in [0.4, 0.5) is 17.1 Å². The Kier molecular flexibility index (Phi) is 4.39. The first-order valence-corrected chi connectivity index (χ1v) is 6.53. The Labute approximate surface area is 123 Å². The first kappa shape index (κ1) is 14.8. The van der Waals surface area contributed by atoms with Gasteiger partial charge in [-0.1, -0.05) is 18.2 Å². The average molecular weight is 286 g/mol. The number of anilines is 2. The van der Waals surface area contributed by atoms with Crippen LogP contribution in [0.15, 0.2) is 42.5 Å². The van der Waals surface area contributed by atoms with E-state index in [2.05, 4.69) is 16.4 Å². The van der Waals surface area contributed by atoms with E-state index < -0.39 is 4.92 Å². The monoisotopic (exact) mass is 286 g/mol. The molecule has 6 nitrogen and oxygen atoms in total. The van der Waals surface area contributed by atoms with Gasteiger partial charge in [0.1, 0.15) is 5.69 Å². The van der Waals surface area contributed by atoms with Gasteiger partial charge in [0.15, 0.2) is 0 Å². The van der Waals surface area contributed by atoms with Crippen molar-refractivity contribution in [1.29, 1.82) is 0 Å². The molecule has 0 saturated carbocycles. The van der Waals surface area contributed by atoms with Crippen molar-refractivity contribution in [3.63, 3.8) is 0 Å². The molecule has 0 bridgehead atoms. The molecule has 0 aliphatic heterocycles. The second-order valence-corrected chi connectivity index (χ2v) is 4.95. The zero-order valence-corrected chi connectivity index (χ0v) is 12.0. The third kappa shape index (κ3) is 3.49. The van der Waals surface area contributed by atoms with E-state index in [9.17, 15) is 10.1 Å². The summed E-state index contributed by atoms with van der Waals surface area (Å²) in [7, 11) is 1.98. The van der Waals surface area contributed by atoms with E-state index in [4.69, 9.17) is 5.84 Å². The summed E-state index contributed by atoms with van der Waals surface area (Å²) in [5, 5.41) is 10.9. The standard InChI is InChI=1S/C15H18N4O2/c1-11-4-3-5-13(8-11)18(2)10-12-6-7-15(19(20)21)14(9-12)17-16/h3-9,17H,10,16H2,1-2H3. The second kappa shape index (κ2) is 6.23. The van der Waals surface area contributed by atoms with Crippen molar-refractivity contribution in [2.75, 3.05) is 17.4 Å². The maximum atomic E-state index is 10.9. The SMILES string of the molecule is Cc1cccc(N(C)Cc2ccc([N+](=O)[O-])c(NN)c2)c1. The number of hydrogen-bond donors (Lipinski definition) is 2. The summed E-state index contributed by atoms with van der Waals surface area (Å²) >= 11 is 0. The van der Waals surface area contributed by atoms with Crippen LogP contribution < -0.4 is 16.2 Å². The van der Waals surface area contributed by atoms with E-state index in [1.807, 2.05) is 32.2 Å². The number of hydrogen-bond acceptors (Lipinski definition) is 5. The van der Waals surface area contributed by atoms with Crippen LogP contribution in [0.3, 0.4) is 0 Å². The molecule has 21 heavy (non-hydrogen) atoms. The van der Waals surface area contributed by atoms with Crippen molar-refractivity contribution < 1.29 is 4.92 Å². The van der Waals surface area contributed by atoms with Crippen molar-refractivity contribution in [3.8, 4) is 0 Å². The number of nitrogens with zero attached hydrogens (tertiary/aromatic N) is 2. The molecule has 110 valence electrons. The van der Waals surface area contributed by atoms with E-state index in [-0.39, 0.29) is 5.69 Å². The predicted octanol–water partition coefficient (Wildman–Crippen LogP) is 2.83. The Morgan fingerprint density at radius 2 is 2.05 bits per heavy atom. The summed E-state index contributed by atoms with van der Waals surface area (Å²) in [4.78, 5) is 12.5. The number of nitro benzene ring substituents is 1. The lowest BCUT2D eigenvalue weighted by Crippen LogP contribution is -2.17. The first-order valence-electron chi connectivity index (χ1n) is 6.53. The number of benzene rings is 2. The molecular weight excluding hydrogens is 268 g/mol. The number of rotatable bonds is 5. The fourth-order valence-corrected chi connectivity index (χ4v) is 2.19. The highest BCUT2D eigenvalue weighted by molar-refractivity contribution is 5.62. The second-order valence-electron chi connectivity index (χ2n) is 4.95. The first-order chi connectivity index (χ1) is 10.0. The van der Waals surface area contributed by atoms with Gasteiger partial charge in [-0.2, -0.15) is 0 Å². The minimum atomic E-state index is -0.455. The quantitative estimate of drug-likeness (QED) is 0.501. The molecule has 0 amide bonds. The average Bonchev–Trinajstić information content (AvgIpc) is 2.46. The van der Waals surface area contributed by atoms with Gasteiger partial charge in [0, 0.05) is 25.3 Å². The highest BCUT2D eigenvalue weighted by Gasteiger charge is 2.13. The Hall–Kier alpha value is -2.60. The Bertz CT molecular complexity index is 658. The Balaban J connectivity index is 2.21. The van der Waals surface area contributed by atoms with Crippen LogP contribution in [0.5, 0.6) is 0 Å². The van der Waals surface area contributed by atoms with Crippen LogP contribution in [-0.4, -0.2) is 12.0 Å². The number of nitro groups is 1. The molecule has 0 atom stereocenters. The molecule has 3 N–H and O–H groups in total. The fourth-order valence-electron chi connectivity index (χ4n) is 2.19. The molecule has 0 unspecified atom stereocenters. The smallest absolute Gasteiger partial charge is 0.293 e. The molecule has 0 radical (unpaired) electrons. The molecule has 2 aromatic rings. The zero-order chi connectivity index (χ0) is 15.4. The van der Waals surface area contributed by atoms with E-state index in [1.54, 1.807) is 12.1 Å². The molecular formula is C15H18N4O2. The molecule has 0 fully saturated rings. The van der Waals surface area contributed by atoms with Crippen LogP contribution in [-0.2, 0) is 6.54 Å². The van der Waals surface area contributed by atoms with Gasteiger partial charge in [0.25, 0.3) is 5.69 Å². The van der Waals surface area contributed by atoms with Gasteiger partial charge >= 0.3 is 0 Å². The van der Waals surface area contributed by atoms with E-state index in [0.29, 0.717) is 12.2 Å². The van der Waals surface area contributed by atoms with Crippen LogP contribution in [0, 0.1) is 17.0 Å². The lowest BCUT2D eigenvalue weighted by Gasteiger charge is -2.20. The molecule has 0 saturated heterocycles. The number of nitrogens with two attached hydrogens (primary N) is 1. The number of aryl methyl sites for hydroxylation is 1. The Morgan fingerprint density at radius 1 is 1.29 bits per heavy atom. The van der Waals surface area contributed by atoms with Crippen molar-refractivity contribution in [3.05, 3.63) is 63.7 Å². The topological polar surface area (TPSA) is 84.4 Å². The number of nitrogens with one attached hydrogen (secondary N) is 1. The third-order valence-electron chi connectivity index (χ3n) is 3.28. The molecule has 0 aliphatic carbocycles. The molecule has 0 aliphatic rings. The van der Waals surface area contributed by atoms with Crippen molar-refractivity contribution in [1.82, 2.24) is 0 Å². The molecule has 2 rings (SSSR count). The number of hydrazine groups is 1. The maximum absolute atomic E-state index is 10.9.